The smallest absolute Gasteiger partial charge is 0.227 e. The van der Waals surface area contributed by atoms with Crippen molar-refractivity contribution in [2.24, 2.45) is 11.3 Å². The summed E-state index contributed by atoms with van der Waals surface area (Å²) >= 11 is 0. The average molecular weight is 241 g/mol. The van der Waals surface area contributed by atoms with Crippen molar-refractivity contribution in [3.05, 3.63) is 0 Å². The fourth-order valence-corrected chi connectivity index (χ4v) is 1.95. The van der Waals surface area contributed by atoms with Crippen molar-refractivity contribution in [2.75, 3.05) is 26.7 Å². The lowest BCUT2D eigenvalue weighted by molar-refractivity contribution is -0.130. The van der Waals surface area contributed by atoms with E-state index in [9.17, 15) is 9.59 Å². The molecule has 0 aromatic carbocycles. The van der Waals surface area contributed by atoms with Crippen molar-refractivity contribution >= 4 is 11.8 Å². The summed E-state index contributed by atoms with van der Waals surface area (Å²) in [7, 11) is 1.61. The van der Waals surface area contributed by atoms with Crippen LogP contribution in [0.4, 0.5) is 0 Å². The van der Waals surface area contributed by atoms with E-state index in [0.29, 0.717) is 6.54 Å². The third kappa shape index (κ3) is 4.00. The summed E-state index contributed by atoms with van der Waals surface area (Å²) in [6.45, 7) is 5.76. The lowest BCUT2D eigenvalue weighted by atomic mass is 9.91. The van der Waals surface area contributed by atoms with Gasteiger partial charge in [0.1, 0.15) is 0 Å². The first-order chi connectivity index (χ1) is 7.97. The number of amides is 2. The number of nitrogens with one attached hydrogen (secondary N) is 3. The minimum absolute atomic E-state index is 0.0456. The highest BCUT2D eigenvalue weighted by Crippen LogP contribution is 2.15. The van der Waals surface area contributed by atoms with E-state index in [0.717, 1.165) is 25.9 Å². The van der Waals surface area contributed by atoms with Crippen molar-refractivity contribution < 1.29 is 9.59 Å². The molecule has 0 aromatic rings. The third-order valence-corrected chi connectivity index (χ3v) is 3.21. The van der Waals surface area contributed by atoms with E-state index >= 15 is 0 Å². The maximum atomic E-state index is 11.9. The molecular formula is C12H23N3O2. The molecule has 5 nitrogen and oxygen atoms in total. The van der Waals surface area contributed by atoms with Gasteiger partial charge in [0.2, 0.25) is 11.8 Å². The highest BCUT2D eigenvalue weighted by atomic mass is 16.2. The Kier molecular flexibility index (Phi) is 4.93. The topological polar surface area (TPSA) is 70.2 Å². The molecule has 1 fully saturated rings. The second-order valence-electron chi connectivity index (χ2n) is 5.22. The van der Waals surface area contributed by atoms with Crippen LogP contribution in [-0.4, -0.2) is 38.5 Å². The van der Waals surface area contributed by atoms with Crippen molar-refractivity contribution in [1.82, 2.24) is 16.0 Å². The van der Waals surface area contributed by atoms with E-state index in [2.05, 4.69) is 16.0 Å². The average Bonchev–Trinajstić information content (AvgIpc) is 2.36. The zero-order chi connectivity index (χ0) is 12.9. The third-order valence-electron chi connectivity index (χ3n) is 3.21. The molecule has 1 aliphatic rings. The molecule has 1 rings (SSSR count). The van der Waals surface area contributed by atoms with Gasteiger partial charge in [-0.2, -0.15) is 0 Å². The number of rotatable bonds is 4. The van der Waals surface area contributed by atoms with Crippen LogP contribution in [-0.2, 0) is 9.59 Å². The predicted molar refractivity (Wildman–Crippen MR) is 66.5 cm³/mol. The van der Waals surface area contributed by atoms with Gasteiger partial charge in [-0.15, -0.1) is 0 Å². The minimum Gasteiger partial charge on any atom is -0.359 e. The summed E-state index contributed by atoms with van der Waals surface area (Å²) in [5.74, 6) is 0.0398. The van der Waals surface area contributed by atoms with E-state index in [1.165, 1.54) is 0 Å². The van der Waals surface area contributed by atoms with Gasteiger partial charge >= 0.3 is 0 Å². The number of hydrogen-bond donors (Lipinski definition) is 3. The molecule has 0 saturated carbocycles. The fourth-order valence-electron chi connectivity index (χ4n) is 1.95. The quantitative estimate of drug-likeness (QED) is 0.642. The Morgan fingerprint density at radius 1 is 1.41 bits per heavy atom. The van der Waals surface area contributed by atoms with Gasteiger partial charge in [0, 0.05) is 20.1 Å². The highest BCUT2D eigenvalue weighted by molar-refractivity contribution is 5.83. The van der Waals surface area contributed by atoms with E-state index in [-0.39, 0.29) is 17.7 Å². The number of carbonyl (C=O) groups excluding carboxylic acids is 2. The molecule has 3 N–H and O–H groups in total. The predicted octanol–water partition coefficient (Wildman–Crippen LogP) is -0.126. The SMILES string of the molecule is CNC(=O)C(C)(C)CNC(=O)[C@@H]1CCCNC1. The molecular weight excluding hydrogens is 218 g/mol. The van der Waals surface area contributed by atoms with Crippen LogP contribution in [0.5, 0.6) is 0 Å². The highest BCUT2D eigenvalue weighted by Gasteiger charge is 2.28. The number of piperidine rings is 1. The molecule has 1 heterocycles. The molecule has 1 aliphatic heterocycles. The summed E-state index contributed by atoms with van der Waals surface area (Å²) in [5.41, 5.74) is -0.563. The maximum Gasteiger partial charge on any atom is 0.227 e. The number of hydrogen-bond acceptors (Lipinski definition) is 3. The molecule has 0 bridgehead atoms. The van der Waals surface area contributed by atoms with E-state index < -0.39 is 5.41 Å². The van der Waals surface area contributed by atoms with E-state index in [1.54, 1.807) is 7.05 Å². The normalized spacial score (nSPS) is 20.8. The van der Waals surface area contributed by atoms with Gasteiger partial charge < -0.3 is 16.0 Å². The van der Waals surface area contributed by atoms with Gasteiger partial charge in [-0.1, -0.05) is 0 Å². The second-order valence-corrected chi connectivity index (χ2v) is 5.22. The Morgan fingerprint density at radius 3 is 2.65 bits per heavy atom. The molecule has 5 heteroatoms. The first-order valence-corrected chi connectivity index (χ1v) is 6.18. The van der Waals surface area contributed by atoms with Crippen LogP contribution in [0, 0.1) is 11.3 Å². The van der Waals surface area contributed by atoms with Crippen LogP contribution < -0.4 is 16.0 Å². The first-order valence-electron chi connectivity index (χ1n) is 6.18. The number of carbonyl (C=O) groups is 2. The van der Waals surface area contributed by atoms with Gasteiger partial charge in [-0.3, -0.25) is 9.59 Å². The Morgan fingerprint density at radius 2 is 2.12 bits per heavy atom. The summed E-state index contributed by atoms with van der Waals surface area (Å²) in [5, 5.41) is 8.68. The standard InChI is InChI=1S/C12H23N3O2/c1-12(2,11(17)13-3)8-15-10(16)9-5-4-6-14-7-9/h9,14H,4-8H2,1-3H3,(H,13,17)(H,15,16)/t9-/m1/s1. The summed E-state index contributed by atoms with van der Waals surface area (Å²) < 4.78 is 0. The van der Waals surface area contributed by atoms with Crippen LogP contribution in [0.25, 0.3) is 0 Å². The molecule has 17 heavy (non-hydrogen) atoms. The van der Waals surface area contributed by atoms with E-state index in [1.807, 2.05) is 13.8 Å². The monoisotopic (exact) mass is 241 g/mol. The van der Waals surface area contributed by atoms with E-state index in [4.69, 9.17) is 0 Å². The van der Waals surface area contributed by atoms with Crippen LogP contribution >= 0.6 is 0 Å². The van der Waals surface area contributed by atoms with Gasteiger partial charge in [0.05, 0.1) is 11.3 Å². The summed E-state index contributed by atoms with van der Waals surface area (Å²) in [4.78, 5) is 23.4. The molecule has 0 aliphatic carbocycles. The van der Waals surface area contributed by atoms with Crippen molar-refractivity contribution in [3.63, 3.8) is 0 Å². The Bertz CT molecular complexity index is 283. The Hall–Kier alpha value is -1.10. The molecule has 0 spiro atoms. The molecule has 1 saturated heterocycles. The first kappa shape index (κ1) is 14.0. The Balaban J connectivity index is 2.39. The molecule has 0 radical (unpaired) electrons. The minimum atomic E-state index is -0.563. The maximum absolute atomic E-state index is 11.9. The zero-order valence-corrected chi connectivity index (χ0v) is 10.9. The summed E-state index contributed by atoms with van der Waals surface area (Å²) in [6, 6.07) is 0. The lowest BCUT2D eigenvalue weighted by Gasteiger charge is -2.26. The van der Waals surface area contributed by atoms with Gasteiger partial charge in [-0.25, -0.2) is 0 Å². The molecule has 2 amide bonds. The van der Waals surface area contributed by atoms with Crippen molar-refractivity contribution in [3.8, 4) is 0 Å². The van der Waals surface area contributed by atoms with Gasteiger partial charge in [-0.05, 0) is 33.2 Å². The Labute approximate surface area is 103 Å². The van der Waals surface area contributed by atoms with Crippen molar-refractivity contribution in [1.29, 1.82) is 0 Å². The van der Waals surface area contributed by atoms with Gasteiger partial charge in [0.25, 0.3) is 0 Å². The summed E-state index contributed by atoms with van der Waals surface area (Å²) in [6.07, 6.45) is 1.97. The van der Waals surface area contributed by atoms with Crippen LogP contribution in [0.2, 0.25) is 0 Å². The molecule has 98 valence electrons. The van der Waals surface area contributed by atoms with Crippen LogP contribution in [0.3, 0.4) is 0 Å². The van der Waals surface area contributed by atoms with Crippen LogP contribution in [0.15, 0.2) is 0 Å². The largest absolute Gasteiger partial charge is 0.359 e. The van der Waals surface area contributed by atoms with Crippen molar-refractivity contribution in [2.45, 2.75) is 26.7 Å². The molecule has 0 aromatic heterocycles. The lowest BCUT2D eigenvalue weighted by Crippen LogP contribution is -2.47. The zero-order valence-electron chi connectivity index (χ0n) is 10.9. The molecule has 1 atom stereocenters. The van der Waals surface area contributed by atoms with Crippen LogP contribution in [0.1, 0.15) is 26.7 Å². The van der Waals surface area contributed by atoms with Gasteiger partial charge in [0.15, 0.2) is 0 Å². The second kappa shape index (κ2) is 6.00. The fraction of sp³-hybridized carbons (Fsp3) is 0.833. The molecule has 0 unspecified atom stereocenters.